The number of rotatable bonds is 3. The van der Waals surface area contributed by atoms with E-state index in [0.29, 0.717) is 5.88 Å². The van der Waals surface area contributed by atoms with Gasteiger partial charge in [0.05, 0.1) is 5.56 Å². The molecule has 1 heterocycles. The second kappa shape index (κ2) is 4.32. The van der Waals surface area contributed by atoms with Crippen molar-refractivity contribution < 1.29 is 4.79 Å². The first-order valence-corrected chi connectivity index (χ1v) is 5.85. The standard InChI is InChI=1S/C10H14ClNOS/c1-7-4-14-5-8(7)9(13)12-10(2,3)6-11/h4-5H,6H2,1-3H3,(H,12,13). The van der Waals surface area contributed by atoms with Crippen molar-refractivity contribution in [1.29, 1.82) is 0 Å². The summed E-state index contributed by atoms with van der Waals surface area (Å²) in [5.41, 5.74) is 1.40. The molecular weight excluding hydrogens is 218 g/mol. The largest absolute Gasteiger partial charge is 0.346 e. The molecule has 1 aromatic heterocycles. The fraction of sp³-hybridized carbons (Fsp3) is 0.500. The number of hydrogen-bond donors (Lipinski definition) is 1. The van der Waals surface area contributed by atoms with E-state index in [4.69, 9.17) is 11.6 Å². The van der Waals surface area contributed by atoms with E-state index in [1.54, 1.807) is 0 Å². The third-order valence-corrected chi connectivity index (χ3v) is 3.42. The molecule has 0 saturated carbocycles. The Morgan fingerprint density at radius 3 is 2.64 bits per heavy atom. The molecule has 0 unspecified atom stereocenters. The average Bonchev–Trinajstić information content (AvgIpc) is 2.51. The van der Waals surface area contributed by atoms with E-state index in [9.17, 15) is 4.79 Å². The number of hydrogen-bond acceptors (Lipinski definition) is 2. The van der Waals surface area contributed by atoms with E-state index in [2.05, 4.69) is 5.32 Å². The molecular formula is C10H14ClNOS. The molecule has 0 aliphatic rings. The smallest absolute Gasteiger partial charge is 0.252 e. The van der Waals surface area contributed by atoms with Gasteiger partial charge in [0, 0.05) is 16.8 Å². The van der Waals surface area contributed by atoms with Crippen LogP contribution in [0.5, 0.6) is 0 Å². The first kappa shape index (κ1) is 11.5. The zero-order chi connectivity index (χ0) is 10.8. The van der Waals surface area contributed by atoms with E-state index >= 15 is 0 Å². The number of halogens is 1. The van der Waals surface area contributed by atoms with Crippen LogP contribution in [0.1, 0.15) is 29.8 Å². The highest BCUT2D eigenvalue weighted by Gasteiger charge is 2.20. The summed E-state index contributed by atoms with van der Waals surface area (Å²) in [5.74, 6) is 0.358. The van der Waals surface area contributed by atoms with Crippen LogP contribution < -0.4 is 5.32 Å². The Bertz CT molecular complexity index is 333. The normalized spacial score (nSPS) is 11.4. The second-order valence-corrected chi connectivity index (χ2v) is 4.95. The summed E-state index contributed by atoms with van der Waals surface area (Å²) in [6, 6.07) is 0. The van der Waals surface area contributed by atoms with Crippen LogP contribution in [0, 0.1) is 6.92 Å². The molecule has 0 aliphatic heterocycles. The average molecular weight is 232 g/mol. The topological polar surface area (TPSA) is 29.1 Å². The lowest BCUT2D eigenvalue weighted by Crippen LogP contribution is -2.44. The van der Waals surface area contributed by atoms with Gasteiger partial charge in [0.25, 0.3) is 5.91 Å². The molecule has 0 spiro atoms. The van der Waals surface area contributed by atoms with E-state index in [1.165, 1.54) is 11.3 Å². The SMILES string of the molecule is Cc1cscc1C(=O)NC(C)(C)CCl. The van der Waals surface area contributed by atoms with Gasteiger partial charge in [-0.2, -0.15) is 11.3 Å². The zero-order valence-corrected chi connectivity index (χ0v) is 10.1. The molecule has 0 aliphatic carbocycles. The van der Waals surface area contributed by atoms with Crippen LogP contribution in [0.25, 0.3) is 0 Å². The lowest BCUT2D eigenvalue weighted by molar-refractivity contribution is 0.0920. The lowest BCUT2D eigenvalue weighted by Gasteiger charge is -2.23. The third-order valence-electron chi connectivity index (χ3n) is 1.89. The number of carbonyl (C=O) groups excluding carboxylic acids is 1. The van der Waals surface area contributed by atoms with Crippen LogP contribution >= 0.6 is 22.9 Å². The first-order chi connectivity index (χ1) is 6.46. The molecule has 4 heteroatoms. The fourth-order valence-electron chi connectivity index (χ4n) is 1.00. The van der Waals surface area contributed by atoms with Gasteiger partial charge in [-0.25, -0.2) is 0 Å². The zero-order valence-electron chi connectivity index (χ0n) is 8.56. The number of nitrogens with one attached hydrogen (secondary N) is 1. The number of thiophene rings is 1. The lowest BCUT2D eigenvalue weighted by atomic mass is 10.1. The van der Waals surface area contributed by atoms with Crippen LogP contribution in [0.3, 0.4) is 0 Å². The molecule has 0 fully saturated rings. The van der Waals surface area contributed by atoms with Crippen LogP contribution in [0.2, 0.25) is 0 Å². The predicted octanol–water partition coefficient (Wildman–Crippen LogP) is 2.80. The summed E-state index contributed by atoms with van der Waals surface area (Å²) in [5, 5.41) is 6.70. The molecule has 1 N–H and O–H groups in total. The Labute approximate surface area is 93.3 Å². The van der Waals surface area contributed by atoms with Gasteiger partial charge in [0.1, 0.15) is 0 Å². The minimum absolute atomic E-state index is 0.0469. The monoisotopic (exact) mass is 231 g/mol. The molecule has 1 rings (SSSR count). The highest BCUT2D eigenvalue weighted by Crippen LogP contribution is 2.15. The summed E-state index contributed by atoms with van der Waals surface area (Å²) in [7, 11) is 0. The molecule has 0 saturated heterocycles. The van der Waals surface area contributed by atoms with Crippen molar-refractivity contribution in [3.63, 3.8) is 0 Å². The number of amides is 1. The molecule has 14 heavy (non-hydrogen) atoms. The molecule has 0 bridgehead atoms. The summed E-state index contributed by atoms with van der Waals surface area (Å²) in [6.07, 6.45) is 0. The number of carbonyl (C=O) groups is 1. The Balaban J connectivity index is 2.73. The van der Waals surface area contributed by atoms with Crippen LogP contribution in [-0.2, 0) is 0 Å². The van der Waals surface area contributed by atoms with Gasteiger partial charge in [0.2, 0.25) is 0 Å². The van der Waals surface area contributed by atoms with Crippen molar-refractivity contribution >= 4 is 28.8 Å². The molecule has 78 valence electrons. The van der Waals surface area contributed by atoms with E-state index < -0.39 is 0 Å². The Kier molecular flexibility index (Phi) is 3.56. The third kappa shape index (κ3) is 2.72. The summed E-state index contributed by atoms with van der Waals surface area (Å²) in [4.78, 5) is 11.7. The van der Waals surface area contributed by atoms with Gasteiger partial charge < -0.3 is 5.32 Å². The maximum Gasteiger partial charge on any atom is 0.252 e. The van der Waals surface area contributed by atoms with Crippen molar-refractivity contribution in [2.75, 3.05) is 5.88 Å². The molecule has 0 radical (unpaired) electrons. The van der Waals surface area contributed by atoms with Crippen molar-refractivity contribution in [2.24, 2.45) is 0 Å². The molecule has 2 nitrogen and oxygen atoms in total. The number of alkyl halides is 1. The summed E-state index contributed by atoms with van der Waals surface area (Å²) in [6.45, 7) is 5.73. The van der Waals surface area contributed by atoms with Crippen molar-refractivity contribution in [2.45, 2.75) is 26.3 Å². The molecule has 1 amide bonds. The highest BCUT2D eigenvalue weighted by atomic mass is 35.5. The molecule has 0 atom stereocenters. The maximum atomic E-state index is 11.7. The van der Waals surface area contributed by atoms with Crippen LogP contribution in [0.4, 0.5) is 0 Å². The summed E-state index contributed by atoms with van der Waals surface area (Å²) >= 11 is 7.26. The Hall–Kier alpha value is -0.540. The molecule has 0 aromatic carbocycles. The van der Waals surface area contributed by atoms with Crippen LogP contribution in [0.15, 0.2) is 10.8 Å². The van der Waals surface area contributed by atoms with Gasteiger partial charge in [-0.1, -0.05) is 0 Å². The maximum absolute atomic E-state index is 11.7. The van der Waals surface area contributed by atoms with E-state index in [1.807, 2.05) is 31.5 Å². The van der Waals surface area contributed by atoms with Crippen molar-refractivity contribution in [3.05, 3.63) is 21.9 Å². The second-order valence-electron chi connectivity index (χ2n) is 3.94. The Morgan fingerprint density at radius 1 is 1.57 bits per heavy atom. The van der Waals surface area contributed by atoms with Gasteiger partial charge in [-0.05, 0) is 31.7 Å². The van der Waals surface area contributed by atoms with Gasteiger partial charge in [-0.3, -0.25) is 4.79 Å². The first-order valence-electron chi connectivity index (χ1n) is 4.37. The Morgan fingerprint density at radius 2 is 2.21 bits per heavy atom. The minimum Gasteiger partial charge on any atom is -0.346 e. The van der Waals surface area contributed by atoms with E-state index in [-0.39, 0.29) is 11.4 Å². The fourth-order valence-corrected chi connectivity index (χ4v) is 1.90. The quantitative estimate of drug-likeness (QED) is 0.797. The van der Waals surface area contributed by atoms with Crippen LogP contribution in [-0.4, -0.2) is 17.3 Å². The van der Waals surface area contributed by atoms with Gasteiger partial charge in [0.15, 0.2) is 0 Å². The molecule has 1 aromatic rings. The summed E-state index contributed by atoms with van der Waals surface area (Å²) < 4.78 is 0. The van der Waals surface area contributed by atoms with Gasteiger partial charge >= 0.3 is 0 Å². The number of aryl methyl sites for hydroxylation is 1. The van der Waals surface area contributed by atoms with Crippen molar-refractivity contribution in [3.8, 4) is 0 Å². The highest BCUT2D eigenvalue weighted by molar-refractivity contribution is 7.08. The minimum atomic E-state index is -0.354. The van der Waals surface area contributed by atoms with Crippen molar-refractivity contribution in [1.82, 2.24) is 5.32 Å². The van der Waals surface area contributed by atoms with E-state index in [0.717, 1.165) is 11.1 Å². The predicted molar refractivity (Wildman–Crippen MR) is 61.3 cm³/mol. The van der Waals surface area contributed by atoms with Gasteiger partial charge in [-0.15, -0.1) is 11.6 Å².